The predicted octanol–water partition coefficient (Wildman–Crippen LogP) is 4.15. The quantitative estimate of drug-likeness (QED) is 0.826. The largest absolute Gasteiger partial charge is 0.337 e. The van der Waals surface area contributed by atoms with E-state index in [2.05, 4.69) is 23.6 Å². The average molecular weight is 337 g/mol. The van der Waals surface area contributed by atoms with Crippen molar-refractivity contribution < 1.29 is 4.79 Å². The Morgan fingerprint density at radius 1 is 1.04 bits per heavy atom. The first-order chi connectivity index (χ1) is 12.2. The van der Waals surface area contributed by atoms with Crippen molar-refractivity contribution in [2.75, 3.05) is 13.1 Å². The van der Waals surface area contributed by atoms with Gasteiger partial charge in [-0.2, -0.15) is 0 Å². The van der Waals surface area contributed by atoms with Gasteiger partial charge in [0.15, 0.2) is 0 Å². The van der Waals surface area contributed by atoms with E-state index < -0.39 is 0 Å². The molecule has 2 aliphatic rings. The van der Waals surface area contributed by atoms with Gasteiger partial charge in [-0.15, -0.1) is 0 Å². The summed E-state index contributed by atoms with van der Waals surface area (Å²) >= 11 is 0. The van der Waals surface area contributed by atoms with Crippen molar-refractivity contribution in [3.8, 4) is 11.4 Å². The fourth-order valence-electron chi connectivity index (χ4n) is 4.06. The molecule has 4 heteroatoms. The normalized spacial score (nSPS) is 18.7. The van der Waals surface area contributed by atoms with Crippen molar-refractivity contribution in [3.05, 3.63) is 41.7 Å². The number of carbonyl (C=O) groups excluding carboxylic acids is 1. The summed E-state index contributed by atoms with van der Waals surface area (Å²) in [5.41, 5.74) is 2.97. The van der Waals surface area contributed by atoms with E-state index in [9.17, 15) is 4.79 Å². The van der Waals surface area contributed by atoms with Crippen LogP contribution in [0.5, 0.6) is 0 Å². The molecule has 1 aromatic carbocycles. The maximum atomic E-state index is 13.2. The molecule has 4 nitrogen and oxygen atoms in total. The second kappa shape index (κ2) is 7.03. The Balaban J connectivity index is 1.72. The zero-order valence-electron chi connectivity index (χ0n) is 15.1. The molecule has 25 heavy (non-hydrogen) atoms. The van der Waals surface area contributed by atoms with Crippen LogP contribution in [0.4, 0.5) is 0 Å². The number of nitrogens with zero attached hydrogens (tertiary/aromatic N) is 3. The molecule has 2 aliphatic heterocycles. The van der Waals surface area contributed by atoms with E-state index in [-0.39, 0.29) is 5.91 Å². The number of hydrogen-bond acceptors (Lipinski definition) is 2. The molecule has 0 aliphatic carbocycles. The molecule has 4 rings (SSSR count). The van der Waals surface area contributed by atoms with Crippen molar-refractivity contribution >= 4 is 5.91 Å². The summed E-state index contributed by atoms with van der Waals surface area (Å²) in [4.78, 5) is 20.1. The van der Waals surface area contributed by atoms with Crippen LogP contribution in [0, 0.1) is 5.92 Å². The maximum Gasteiger partial charge on any atom is 0.274 e. The Kier molecular flexibility index (Phi) is 4.60. The number of benzene rings is 1. The first kappa shape index (κ1) is 16.4. The molecule has 0 atom stereocenters. The van der Waals surface area contributed by atoms with Crippen LogP contribution < -0.4 is 0 Å². The number of amides is 1. The summed E-state index contributed by atoms with van der Waals surface area (Å²) in [5.74, 6) is 1.83. The van der Waals surface area contributed by atoms with E-state index in [4.69, 9.17) is 4.98 Å². The van der Waals surface area contributed by atoms with Crippen molar-refractivity contribution in [1.82, 2.24) is 14.5 Å². The van der Waals surface area contributed by atoms with E-state index in [1.807, 2.05) is 23.1 Å². The van der Waals surface area contributed by atoms with Gasteiger partial charge in [-0.05, 0) is 38.0 Å². The second-order valence-electron chi connectivity index (χ2n) is 7.53. The first-order valence-electron chi connectivity index (χ1n) is 9.68. The number of aromatic nitrogens is 2. The molecule has 0 unspecified atom stereocenters. The van der Waals surface area contributed by atoms with Gasteiger partial charge in [0.25, 0.3) is 5.91 Å². The number of fused-ring (bicyclic) bond motifs is 1. The van der Waals surface area contributed by atoms with E-state index in [1.165, 1.54) is 6.42 Å². The molecule has 3 heterocycles. The van der Waals surface area contributed by atoms with Gasteiger partial charge in [0.1, 0.15) is 11.5 Å². The highest BCUT2D eigenvalue weighted by molar-refractivity contribution is 5.94. The summed E-state index contributed by atoms with van der Waals surface area (Å²) in [5, 5.41) is 0. The van der Waals surface area contributed by atoms with Crippen molar-refractivity contribution in [3.63, 3.8) is 0 Å². The summed E-state index contributed by atoms with van der Waals surface area (Å²) in [7, 11) is 0. The summed E-state index contributed by atoms with van der Waals surface area (Å²) < 4.78 is 2.31. The highest BCUT2D eigenvalue weighted by Crippen LogP contribution is 2.28. The van der Waals surface area contributed by atoms with Crippen molar-refractivity contribution in [1.29, 1.82) is 0 Å². The monoisotopic (exact) mass is 337 g/mol. The number of hydrogen-bond donors (Lipinski definition) is 0. The minimum atomic E-state index is 0.139. The van der Waals surface area contributed by atoms with E-state index in [0.717, 1.165) is 74.7 Å². The average Bonchev–Trinajstić information content (AvgIpc) is 2.84. The minimum Gasteiger partial charge on any atom is -0.337 e. The van der Waals surface area contributed by atoms with E-state index in [0.29, 0.717) is 5.69 Å². The molecule has 1 fully saturated rings. The highest BCUT2D eigenvalue weighted by atomic mass is 16.2. The molecule has 0 bridgehead atoms. The molecule has 1 amide bonds. The summed E-state index contributed by atoms with van der Waals surface area (Å²) in [6.07, 6.45) is 6.71. The zero-order valence-corrected chi connectivity index (χ0v) is 15.1. The lowest BCUT2D eigenvalue weighted by atomic mass is 9.99. The van der Waals surface area contributed by atoms with Gasteiger partial charge in [-0.25, -0.2) is 4.98 Å². The van der Waals surface area contributed by atoms with E-state index in [1.54, 1.807) is 0 Å². The van der Waals surface area contributed by atoms with Crippen LogP contribution in [0.15, 0.2) is 30.3 Å². The Labute approximate surface area is 149 Å². The maximum absolute atomic E-state index is 13.2. The van der Waals surface area contributed by atoms with Gasteiger partial charge < -0.3 is 9.47 Å². The van der Waals surface area contributed by atoms with Crippen LogP contribution in [0.1, 0.15) is 55.2 Å². The second-order valence-corrected chi connectivity index (χ2v) is 7.53. The van der Waals surface area contributed by atoms with Gasteiger partial charge in [0.05, 0.1) is 5.69 Å². The van der Waals surface area contributed by atoms with Crippen LogP contribution in [-0.2, 0) is 13.0 Å². The molecular weight excluding hydrogens is 310 g/mol. The minimum absolute atomic E-state index is 0.139. The third kappa shape index (κ3) is 3.22. The first-order valence-corrected chi connectivity index (χ1v) is 9.68. The third-order valence-electron chi connectivity index (χ3n) is 5.67. The van der Waals surface area contributed by atoms with Gasteiger partial charge in [-0.1, -0.05) is 43.7 Å². The molecule has 1 aromatic heterocycles. The van der Waals surface area contributed by atoms with Crippen molar-refractivity contribution in [2.24, 2.45) is 5.92 Å². The smallest absolute Gasteiger partial charge is 0.274 e. The predicted molar refractivity (Wildman–Crippen MR) is 99.5 cm³/mol. The lowest BCUT2D eigenvalue weighted by molar-refractivity contribution is 0.0690. The van der Waals surface area contributed by atoms with Crippen LogP contribution in [0.25, 0.3) is 11.4 Å². The van der Waals surface area contributed by atoms with Gasteiger partial charge >= 0.3 is 0 Å². The number of likely N-dealkylation sites (tertiary alicyclic amines) is 1. The number of piperidine rings is 1. The lowest BCUT2D eigenvalue weighted by Crippen LogP contribution is -2.38. The number of imidazole rings is 1. The standard InChI is InChI=1S/C21H27N3O/c1-16-11-14-23(15-12-16)21(25)19-18-10-6-3-7-13-24(18)20(22-19)17-8-4-2-5-9-17/h2,4-5,8-9,16H,3,6-7,10-15H2,1H3. The summed E-state index contributed by atoms with van der Waals surface area (Å²) in [6, 6.07) is 10.3. The van der Waals surface area contributed by atoms with Crippen LogP contribution in [-0.4, -0.2) is 33.4 Å². The molecule has 2 aromatic rings. The Morgan fingerprint density at radius 3 is 2.56 bits per heavy atom. The highest BCUT2D eigenvalue weighted by Gasteiger charge is 2.29. The number of rotatable bonds is 2. The number of carbonyl (C=O) groups is 1. The topological polar surface area (TPSA) is 38.1 Å². The SMILES string of the molecule is CC1CCN(C(=O)c2nc(-c3ccccc3)n3c2CCCCC3)CC1. The molecule has 1 saturated heterocycles. The Morgan fingerprint density at radius 2 is 1.80 bits per heavy atom. The summed E-state index contributed by atoms with van der Waals surface area (Å²) in [6.45, 7) is 4.98. The van der Waals surface area contributed by atoms with Gasteiger partial charge in [-0.3, -0.25) is 4.79 Å². The van der Waals surface area contributed by atoms with Gasteiger partial charge in [0, 0.05) is 25.2 Å². The van der Waals surface area contributed by atoms with Crippen LogP contribution in [0.2, 0.25) is 0 Å². The van der Waals surface area contributed by atoms with Crippen LogP contribution >= 0.6 is 0 Å². The molecule has 0 spiro atoms. The Hall–Kier alpha value is -2.10. The fourth-order valence-corrected chi connectivity index (χ4v) is 4.06. The van der Waals surface area contributed by atoms with Crippen molar-refractivity contribution in [2.45, 2.75) is 52.0 Å². The molecular formula is C21H27N3O. The molecule has 132 valence electrons. The van der Waals surface area contributed by atoms with Crippen LogP contribution in [0.3, 0.4) is 0 Å². The Bertz CT molecular complexity index is 742. The molecule has 0 radical (unpaired) electrons. The third-order valence-corrected chi connectivity index (χ3v) is 5.67. The lowest BCUT2D eigenvalue weighted by Gasteiger charge is -2.30. The molecule has 0 saturated carbocycles. The fraction of sp³-hybridized carbons (Fsp3) is 0.524. The van der Waals surface area contributed by atoms with E-state index >= 15 is 0 Å². The molecule has 0 N–H and O–H groups in total. The van der Waals surface area contributed by atoms with Gasteiger partial charge in [0.2, 0.25) is 0 Å². The zero-order chi connectivity index (χ0) is 17.2.